The first-order chi connectivity index (χ1) is 8.75. The second-order valence-corrected chi connectivity index (χ2v) is 4.82. The maximum Gasteiger partial charge on any atom is 0.255 e. The molecule has 18 heavy (non-hydrogen) atoms. The molecule has 2 aromatic rings. The summed E-state index contributed by atoms with van der Waals surface area (Å²) in [5, 5.41) is 1.83. The number of nitrogens with zero attached hydrogens (tertiary/aromatic N) is 1. The predicted molar refractivity (Wildman–Crippen MR) is 74.7 cm³/mol. The van der Waals surface area contributed by atoms with Crippen LogP contribution in [0.25, 0.3) is 16.3 Å². The van der Waals surface area contributed by atoms with E-state index in [2.05, 4.69) is 23.0 Å². The van der Waals surface area contributed by atoms with Crippen LogP contribution >= 0.6 is 0 Å². The van der Waals surface area contributed by atoms with Crippen molar-refractivity contribution >= 4 is 16.3 Å². The van der Waals surface area contributed by atoms with Crippen molar-refractivity contribution in [2.45, 2.75) is 6.42 Å². The number of hydrogen-bond donors (Lipinski definition) is 1. The maximum atomic E-state index is 11.8. The van der Waals surface area contributed by atoms with Crippen LogP contribution in [0.2, 0.25) is 0 Å². The summed E-state index contributed by atoms with van der Waals surface area (Å²) in [5.41, 5.74) is 2.49. The van der Waals surface area contributed by atoms with Gasteiger partial charge in [0, 0.05) is 30.2 Å². The number of likely N-dealkylation sites (N-methyl/N-ethyl adjacent to an activating group) is 1. The number of nitrogens with one attached hydrogen (secondary N) is 1. The van der Waals surface area contributed by atoms with Crippen LogP contribution in [-0.2, 0) is 0 Å². The SMILES string of the molecule is CN1CC=C(c2c[nH]c(=O)c3ccccc23)CC1. The number of pyridine rings is 1. The van der Waals surface area contributed by atoms with Crippen LogP contribution in [0.5, 0.6) is 0 Å². The summed E-state index contributed by atoms with van der Waals surface area (Å²) in [7, 11) is 2.12. The number of aromatic amines is 1. The summed E-state index contributed by atoms with van der Waals surface area (Å²) in [5.74, 6) is 0. The Kier molecular flexibility index (Phi) is 2.76. The molecular weight excluding hydrogens is 224 g/mol. The molecule has 1 aromatic heterocycles. The van der Waals surface area contributed by atoms with Gasteiger partial charge in [-0.2, -0.15) is 0 Å². The summed E-state index contributed by atoms with van der Waals surface area (Å²) in [6.45, 7) is 2.04. The molecular formula is C15H16N2O. The molecule has 0 aliphatic carbocycles. The van der Waals surface area contributed by atoms with E-state index >= 15 is 0 Å². The highest BCUT2D eigenvalue weighted by atomic mass is 16.1. The van der Waals surface area contributed by atoms with Crippen molar-refractivity contribution in [3.63, 3.8) is 0 Å². The normalized spacial score (nSPS) is 16.8. The third kappa shape index (κ3) is 1.87. The van der Waals surface area contributed by atoms with Crippen molar-refractivity contribution in [3.05, 3.63) is 52.5 Å². The lowest BCUT2D eigenvalue weighted by molar-refractivity contribution is 0.370. The highest BCUT2D eigenvalue weighted by molar-refractivity contribution is 5.93. The van der Waals surface area contributed by atoms with Gasteiger partial charge >= 0.3 is 0 Å². The van der Waals surface area contributed by atoms with Gasteiger partial charge < -0.3 is 9.88 Å². The van der Waals surface area contributed by atoms with E-state index in [0.717, 1.165) is 30.3 Å². The van der Waals surface area contributed by atoms with Gasteiger partial charge in [-0.15, -0.1) is 0 Å². The van der Waals surface area contributed by atoms with Crippen LogP contribution in [0.15, 0.2) is 41.3 Å². The fourth-order valence-electron chi connectivity index (χ4n) is 2.49. The molecule has 2 heterocycles. The van der Waals surface area contributed by atoms with E-state index in [4.69, 9.17) is 0 Å². The molecule has 3 nitrogen and oxygen atoms in total. The molecule has 0 bridgehead atoms. The molecule has 1 aliphatic heterocycles. The Morgan fingerprint density at radius 2 is 2.00 bits per heavy atom. The molecule has 3 rings (SSSR count). The van der Waals surface area contributed by atoms with Crippen molar-refractivity contribution in [3.8, 4) is 0 Å². The summed E-state index contributed by atoms with van der Waals surface area (Å²) in [6.07, 6.45) is 5.14. The van der Waals surface area contributed by atoms with Gasteiger partial charge in [-0.1, -0.05) is 24.3 Å². The standard InChI is InChI=1S/C15H16N2O/c1-17-8-6-11(7-9-17)14-10-16-15(18)13-5-3-2-4-12(13)14/h2-6,10H,7-9H2,1H3,(H,16,18). The average molecular weight is 240 g/mol. The lowest BCUT2D eigenvalue weighted by atomic mass is 9.96. The van der Waals surface area contributed by atoms with Crippen LogP contribution < -0.4 is 5.56 Å². The highest BCUT2D eigenvalue weighted by Crippen LogP contribution is 2.26. The first-order valence-corrected chi connectivity index (χ1v) is 6.24. The fourth-order valence-corrected chi connectivity index (χ4v) is 2.49. The Bertz CT molecular complexity index is 669. The molecule has 0 unspecified atom stereocenters. The number of aromatic nitrogens is 1. The molecule has 0 atom stereocenters. The number of benzene rings is 1. The molecule has 0 fully saturated rings. The van der Waals surface area contributed by atoms with E-state index in [-0.39, 0.29) is 5.56 Å². The van der Waals surface area contributed by atoms with Gasteiger partial charge in [0.05, 0.1) is 0 Å². The number of rotatable bonds is 1. The van der Waals surface area contributed by atoms with E-state index in [1.54, 1.807) is 0 Å². The van der Waals surface area contributed by atoms with E-state index in [0.29, 0.717) is 0 Å². The maximum absolute atomic E-state index is 11.8. The Morgan fingerprint density at radius 1 is 1.22 bits per heavy atom. The third-order valence-electron chi connectivity index (χ3n) is 3.57. The summed E-state index contributed by atoms with van der Waals surface area (Å²) < 4.78 is 0. The molecule has 1 N–H and O–H groups in total. The van der Waals surface area contributed by atoms with Crippen LogP contribution in [-0.4, -0.2) is 30.0 Å². The summed E-state index contributed by atoms with van der Waals surface area (Å²) in [6, 6.07) is 7.80. The zero-order valence-electron chi connectivity index (χ0n) is 10.4. The first kappa shape index (κ1) is 11.2. The van der Waals surface area contributed by atoms with E-state index in [1.165, 1.54) is 11.1 Å². The minimum atomic E-state index is -0.0112. The molecule has 1 aromatic carbocycles. The van der Waals surface area contributed by atoms with E-state index in [9.17, 15) is 4.79 Å². The lowest BCUT2D eigenvalue weighted by Crippen LogP contribution is -2.24. The molecule has 92 valence electrons. The minimum Gasteiger partial charge on any atom is -0.328 e. The van der Waals surface area contributed by atoms with Crippen molar-refractivity contribution in [1.82, 2.24) is 9.88 Å². The van der Waals surface area contributed by atoms with Gasteiger partial charge in [0.2, 0.25) is 0 Å². The van der Waals surface area contributed by atoms with Gasteiger partial charge in [-0.25, -0.2) is 0 Å². The average Bonchev–Trinajstić information content (AvgIpc) is 2.41. The summed E-state index contributed by atoms with van der Waals surface area (Å²) >= 11 is 0. The van der Waals surface area contributed by atoms with Crippen LogP contribution in [0.1, 0.15) is 12.0 Å². The molecule has 3 heteroatoms. The van der Waals surface area contributed by atoms with Crippen molar-refractivity contribution in [1.29, 1.82) is 0 Å². The second-order valence-electron chi connectivity index (χ2n) is 4.82. The van der Waals surface area contributed by atoms with Gasteiger partial charge in [0.1, 0.15) is 0 Å². The number of fused-ring (bicyclic) bond motifs is 1. The topological polar surface area (TPSA) is 36.1 Å². The molecule has 1 aliphatic rings. The summed E-state index contributed by atoms with van der Waals surface area (Å²) in [4.78, 5) is 16.9. The third-order valence-corrected chi connectivity index (χ3v) is 3.57. The molecule has 0 amide bonds. The Hall–Kier alpha value is -1.87. The monoisotopic (exact) mass is 240 g/mol. The second kappa shape index (κ2) is 4.42. The zero-order valence-corrected chi connectivity index (χ0v) is 10.4. The zero-order chi connectivity index (χ0) is 12.5. The van der Waals surface area contributed by atoms with Crippen LogP contribution in [0.4, 0.5) is 0 Å². The van der Waals surface area contributed by atoms with Crippen LogP contribution in [0.3, 0.4) is 0 Å². The van der Waals surface area contributed by atoms with Crippen molar-refractivity contribution < 1.29 is 0 Å². The van der Waals surface area contributed by atoms with Gasteiger partial charge in [-0.3, -0.25) is 4.79 Å². The van der Waals surface area contributed by atoms with Crippen molar-refractivity contribution in [2.24, 2.45) is 0 Å². The molecule has 0 radical (unpaired) electrons. The molecule has 0 spiro atoms. The van der Waals surface area contributed by atoms with E-state index in [1.807, 2.05) is 30.5 Å². The van der Waals surface area contributed by atoms with E-state index < -0.39 is 0 Å². The van der Waals surface area contributed by atoms with Crippen LogP contribution in [0, 0.1) is 0 Å². The van der Waals surface area contributed by atoms with Crippen molar-refractivity contribution in [2.75, 3.05) is 20.1 Å². The quantitative estimate of drug-likeness (QED) is 0.830. The molecule has 0 saturated carbocycles. The van der Waals surface area contributed by atoms with Gasteiger partial charge in [-0.05, 0) is 30.5 Å². The Labute approximate surface area is 106 Å². The lowest BCUT2D eigenvalue weighted by Gasteiger charge is -2.22. The Morgan fingerprint density at radius 3 is 2.72 bits per heavy atom. The smallest absolute Gasteiger partial charge is 0.255 e. The minimum absolute atomic E-state index is 0.0112. The number of hydrogen-bond acceptors (Lipinski definition) is 2. The molecule has 0 saturated heterocycles. The first-order valence-electron chi connectivity index (χ1n) is 6.24. The predicted octanol–water partition coefficient (Wildman–Crippen LogP) is 2.25. The largest absolute Gasteiger partial charge is 0.328 e. The van der Waals surface area contributed by atoms with Gasteiger partial charge in [0.25, 0.3) is 5.56 Å². The van der Waals surface area contributed by atoms with Gasteiger partial charge in [0.15, 0.2) is 0 Å². The highest BCUT2D eigenvalue weighted by Gasteiger charge is 2.12. The fraction of sp³-hybridized carbons (Fsp3) is 0.267. The Balaban J connectivity index is 2.19. The number of H-pyrrole nitrogens is 1.